The Hall–Kier alpha value is -1.12. The Labute approximate surface area is 589 Å². The molecule has 0 amide bonds. The molecule has 93 heavy (non-hydrogen) atoms. The molecule has 0 aromatic carbocycles. The van der Waals surface area contributed by atoms with Crippen molar-refractivity contribution in [1.29, 1.82) is 0 Å². The predicted molar refractivity (Wildman–Crippen MR) is 398 cm³/mol. The van der Waals surface area contributed by atoms with Crippen LogP contribution in [0.4, 0.5) is 0 Å². The summed E-state index contributed by atoms with van der Waals surface area (Å²) in [6.45, 7) is 64.2. The van der Waals surface area contributed by atoms with Crippen molar-refractivity contribution in [2.75, 3.05) is 229 Å². The summed E-state index contributed by atoms with van der Waals surface area (Å²) in [5.41, 5.74) is 0. The lowest BCUT2D eigenvalue weighted by molar-refractivity contribution is 0.0702. The summed E-state index contributed by atoms with van der Waals surface area (Å²) < 4.78 is 92.7. The molecule has 0 spiro atoms. The second-order valence-corrected chi connectivity index (χ2v) is 42.1. The van der Waals surface area contributed by atoms with Crippen molar-refractivity contribution in [3.8, 4) is 0 Å². The minimum atomic E-state index is -2.46. The van der Waals surface area contributed by atoms with Gasteiger partial charge in [0, 0.05) is 142 Å². The van der Waals surface area contributed by atoms with Gasteiger partial charge in [0.1, 0.15) is 0 Å². The van der Waals surface area contributed by atoms with Crippen LogP contribution in [-0.4, -0.2) is 282 Å². The van der Waals surface area contributed by atoms with E-state index in [0.717, 1.165) is 129 Å². The molecular formula is C58H124N8O17S4Si6. The van der Waals surface area contributed by atoms with E-state index in [0.29, 0.717) is 84.3 Å². The number of hydrogen-bond acceptors (Lipinski definition) is 23. The first-order valence-corrected chi connectivity index (χ1v) is 48.3. The second kappa shape index (κ2) is 76.6. The molecule has 0 aliphatic carbocycles. The van der Waals surface area contributed by atoms with Crippen LogP contribution in [0, 0.1) is 39.4 Å². The highest BCUT2D eigenvalue weighted by Gasteiger charge is 2.42. The van der Waals surface area contributed by atoms with Crippen molar-refractivity contribution in [1.82, 2.24) is 10.6 Å². The summed E-state index contributed by atoms with van der Waals surface area (Å²) in [5.74, 6) is 6.74. The molecule has 0 atom stereocenters. The van der Waals surface area contributed by atoms with Crippen LogP contribution in [0.25, 0.3) is 29.1 Å². The van der Waals surface area contributed by atoms with Crippen LogP contribution in [0.5, 0.6) is 0 Å². The van der Waals surface area contributed by atoms with Crippen LogP contribution in [0.15, 0.2) is 0 Å². The molecule has 0 saturated carbocycles. The molecule has 0 heterocycles. The van der Waals surface area contributed by atoms with Crippen LogP contribution >= 0.6 is 47.0 Å². The summed E-state index contributed by atoms with van der Waals surface area (Å²) in [5, 5.41) is 7.10. The molecule has 0 fully saturated rings. The highest BCUT2D eigenvalue weighted by atomic mass is 32.2. The van der Waals surface area contributed by atoms with Gasteiger partial charge in [0.2, 0.25) is 39.3 Å². The maximum atomic E-state index is 6.71. The summed E-state index contributed by atoms with van der Waals surface area (Å²) in [4.78, 5) is 19.7. The van der Waals surface area contributed by atoms with E-state index in [-0.39, 0.29) is 0 Å². The van der Waals surface area contributed by atoms with Gasteiger partial charge in [-0.2, -0.15) is 35.3 Å². The van der Waals surface area contributed by atoms with Crippen LogP contribution in [0.1, 0.15) is 73.6 Å². The van der Waals surface area contributed by atoms with E-state index in [4.69, 9.17) is 115 Å². The Morgan fingerprint density at radius 2 is 0.527 bits per heavy atom. The van der Waals surface area contributed by atoms with Gasteiger partial charge in [-0.25, -0.2) is 39.4 Å². The van der Waals surface area contributed by atoms with E-state index >= 15 is 0 Å². The van der Waals surface area contributed by atoms with Crippen LogP contribution < -0.4 is 10.6 Å². The monoisotopic (exact) mass is 1500 g/mol. The van der Waals surface area contributed by atoms with Crippen LogP contribution in [0.3, 0.4) is 0 Å². The van der Waals surface area contributed by atoms with Gasteiger partial charge in [-0.05, 0) is 117 Å². The van der Waals surface area contributed by atoms with Gasteiger partial charge in [0.05, 0.1) is 41.5 Å². The highest BCUT2D eigenvalue weighted by molar-refractivity contribution is 8.00. The minimum absolute atomic E-state index is 0.529. The molecule has 25 nitrogen and oxygen atoms in total. The van der Waals surface area contributed by atoms with Gasteiger partial charge in [-0.15, -0.1) is 11.8 Å². The van der Waals surface area contributed by atoms with Gasteiger partial charge < -0.3 is 115 Å². The number of nitrogens with one attached hydrogen (secondary N) is 2. The standard InChI is InChI=1S/C12H26N2O3Si.C12H25NO3SSi.C9H20N2O3Si.C9H19NO3SSi.C9H19NO2SSi.C7H15NO3SSi/c1-5-15-18(16-6-2,17-7-3)12-8-9-14-11-10-13-4;1-5-14-18(15-6-2,16-7-3)12-8-10-17-11-9-13-4;1-10-7-8-11-6-5-9-15(12-2,13-3)14-4;1-10-6-8-14-7-5-9-15(11-2,12-3)13-4;1-10-6-8-13-7-5-9-14(4,11-2)12-3;1-8-5-6-12-7-13(9-2,10-3)11-4/h14H,5-12H2,1-3H3;5-12H2,1-3H3;11H,5-9H2,2-4H3;5-9H2,2-4H3;5-9H2,2-4H3;5-7H2,2-4H3. The Kier molecular flexibility index (Phi) is 84.8. The van der Waals surface area contributed by atoms with Gasteiger partial charge in [-0.1, -0.05) is 0 Å². The molecule has 0 rings (SSSR count). The molecule has 0 radical (unpaired) electrons. The quantitative estimate of drug-likeness (QED) is 0.0330. The largest absolute Gasteiger partial charge is 0.510 e. The highest BCUT2D eigenvalue weighted by Crippen LogP contribution is 2.22. The number of nitrogens with zero attached hydrogens (tertiary/aromatic N) is 6. The normalized spacial score (nSPS) is 11.4. The average molecular weight is 1500 g/mol. The van der Waals surface area contributed by atoms with E-state index in [1.807, 2.05) is 65.1 Å². The third kappa shape index (κ3) is 61.7. The van der Waals surface area contributed by atoms with Gasteiger partial charge in [0.15, 0.2) is 0 Å². The van der Waals surface area contributed by atoms with Gasteiger partial charge >= 0.3 is 52.6 Å². The molecule has 2 N–H and O–H groups in total. The number of rotatable bonds is 57. The lowest BCUT2D eigenvalue weighted by Gasteiger charge is -2.28. The van der Waals surface area contributed by atoms with Crippen molar-refractivity contribution in [2.45, 2.75) is 110 Å². The molecule has 546 valence electrons. The van der Waals surface area contributed by atoms with E-state index in [2.05, 4.69) is 46.3 Å². The molecule has 0 aliphatic rings. The number of hydrogen-bond donors (Lipinski definition) is 2. The zero-order valence-corrected chi connectivity index (χ0v) is 69.6. The predicted octanol–water partition coefficient (Wildman–Crippen LogP) is 11.1. The molecule has 0 unspecified atom stereocenters. The van der Waals surface area contributed by atoms with Crippen molar-refractivity contribution in [3.05, 3.63) is 68.5 Å². The molecular weight excluding hydrogens is 1380 g/mol. The molecule has 0 bridgehead atoms. The van der Waals surface area contributed by atoms with Crippen LogP contribution in [0.2, 0.25) is 36.8 Å². The first kappa shape index (κ1) is 103. The third-order valence-corrected chi connectivity index (χ3v) is 35.1. The lowest BCUT2D eigenvalue weighted by Crippen LogP contribution is -2.46. The Bertz CT molecular complexity index is 1730. The van der Waals surface area contributed by atoms with E-state index in [9.17, 15) is 0 Å². The summed E-state index contributed by atoms with van der Waals surface area (Å²) in [6, 6.07) is 4.36. The number of thioether (sulfide) groups is 4. The zero-order chi connectivity index (χ0) is 71.5. The fourth-order valence-corrected chi connectivity index (χ4v) is 24.3. The fraction of sp³-hybridized carbons (Fsp3) is 0.897. The maximum absolute atomic E-state index is 6.71. The lowest BCUT2D eigenvalue weighted by atomic mass is 10.5. The van der Waals surface area contributed by atoms with Crippen molar-refractivity contribution in [3.63, 3.8) is 0 Å². The Balaban J connectivity index is -0.000000245. The summed E-state index contributed by atoms with van der Waals surface area (Å²) in [7, 11) is 4.07. The van der Waals surface area contributed by atoms with Crippen LogP contribution in [-0.2, 0) is 75.2 Å². The summed E-state index contributed by atoms with van der Waals surface area (Å²) >= 11 is 7.07. The SMILES string of the molecule is [C-]#[N+]CCNCCC[Si](OC)(OC)OC.[C-]#[N+]CCNCCC[Si](OCC)(OCC)OCC.[C-]#[N+]CCSCCC[Si](C)(OC)OC.[C-]#[N+]CCSCCC[Si](OC)(OC)OC.[C-]#[N+]CCSCCC[Si](OCC)(OCC)OCC.[C-]#[N+]CCSC[Si](OC)(OC)OC. The molecule has 0 aromatic heterocycles. The van der Waals surface area contributed by atoms with Crippen molar-refractivity contribution in [2.24, 2.45) is 0 Å². The third-order valence-electron chi connectivity index (χ3n) is 12.5. The smallest absolute Gasteiger partial charge is 0.398 e. The van der Waals surface area contributed by atoms with E-state index < -0.39 is 52.6 Å². The Morgan fingerprint density at radius 1 is 0.280 bits per heavy atom. The molecule has 0 aromatic rings. The van der Waals surface area contributed by atoms with Gasteiger partial charge in [0.25, 0.3) is 0 Å². The second-order valence-electron chi connectivity index (χ2n) is 18.6. The minimum Gasteiger partial charge on any atom is -0.398 e. The summed E-state index contributed by atoms with van der Waals surface area (Å²) in [6.07, 6.45) is 5.02. The topological polar surface area (TPSA) is 207 Å². The maximum Gasteiger partial charge on any atom is 0.510 e. The van der Waals surface area contributed by atoms with E-state index in [1.54, 1.807) is 102 Å². The zero-order valence-electron chi connectivity index (χ0n) is 60.3. The first-order valence-electron chi connectivity index (χ1n) is 31.5. The van der Waals surface area contributed by atoms with E-state index in [1.165, 1.54) is 0 Å². The Morgan fingerprint density at radius 3 is 0.785 bits per heavy atom. The fourth-order valence-electron chi connectivity index (χ4n) is 7.43. The van der Waals surface area contributed by atoms with Gasteiger partial charge in [-0.3, -0.25) is 0 Å². The van der Waals surface area contributed by atoms with Crippen molar-refractivity contribution >= 4 is 99.6 Å². The van der Waals surface area contributed by atoms with Crippen molar-refractivity contribution < 1.29 is 75.2 Å². The molecule has 0 saturated heterocycles. The first-order chi connectivity index (χ1) is 44.9. The average Bonchev–Trinajstić information content (AvgIpc) is 3.78. The molecule has 35 heteroatoms. The molecule has 0 aliphatic heterocycles.